The lowest BCUT2D eigenvalue weighted by atomic mass is 10.1. The molecule has 0 saturated carbocycles. The zero-order valence-corrected chi connectivity index (χ0v) is 9.37. The molecule has 5 heteroatoms. The molecule has 15 heavy (non-hydrogen) atoms. The first-order chi connectivity index (χ1) is 7.09. The highest BCUT2D eigenvalue weighted by molar-refractivity contribution is 9.10. The lowest BCUT2D eigenvalue weighted by molar-refractivity contribution is -0.136. The van der Waals surface area contributed by atoms with E-state index >= 15 is 0 Å². The van der Waals surface area contributed by atoms with E-state index in [1.54, 1.807) is 6.07 Å². The van der Waals surface area contributed by atoms with Crippen LogP contribution in [0.25, 0.3) is 0 Å². The van der Waals surface area contributed by atoms with Gasteiger partial charge in [-0.05, 0) is 22.0 Å². The fraction of sp³-hybridized carbons (Fsp3) is 0.300. The van der Waals surface area contributed by atoms with Crippen molar-refractivity contribution in [2.75, 3.05) is 6.61 Å². The summed E-state index contributed by atoms with van der Waals surface area (Å²) < 4.78 is 5.87. The molecule has 1 heterocycles. The van der Waals surface area contributed by atoms with Crippen LogP contribution in [0.1, 0.15) is 11.1 Å². The minimum Gasteiger partial charge on any atom is -0.506 e. The van der Waals surface area contributed by atoms with E-state index in [4.69, 9.17) is 9.84 Å². The fourth-order valence-corrected chi connectivity index (χ4v) is 2.28. The highest BCUT2D eigenvalue weighted by atomic mass is 79.9. The number of carbonyl (C=O) groups is 1. The summed E-state index contributed by atoms with van der Waals surface area (Å²) in [4.78, 5) is 10.6. The Labute approximate surface area is 94.6 Å². The number of aromatic hydroxyl groups is 1. The number of ether oxygens (including phenoxy) is 1. The third-order valence-corrected chi connectivity index (χ3v) is 3.19. The van der Waals surface area contributed by atoms with Gasteiger partial charge in [0.2, 0.25) is 0 Å². The van der Waals surface area contributed by atoms with Crippen molar-refractivity contribution >= 4 is 21.9 Å². The van der Waals surface area contributed by atoms with Crippen LogP contribution in [-0.4, -0.2) is 22.8 Å². The minimum absolute atomic E-state index is 0.00153. The van der Waals surface area contributed by atoms with Crippen molar-refractivity contribution in [2.24, 2.45) is 0 Å². The topological polar surface area (TPSA) is 66.8 Å². The molecule has 0 spiro atoms. The summed E-state index contributed by atoms with van der Waals surface area (Å²) in [6.45, 7) is 0.573. The SMILES string of the molecule is O=C(O)Cc1cc2c(c(Br)c1O)CCO2. The van der Waals surface area contributed by atoms with Gasteiger partial charge in [-0.25, -0.2) is 0 Å². The highest BCUT2D eigenvalue weighted by Gasteiger charge is 2.21. The third kappa shape index (κ3) is 1.79. The lowest BCUT2D eigenvalue weighted by Gasteiger charge is -2.08. The number of hydrogen-bond acceptors (Lipinski definition) is 3. The molecule has 0 amide bonds. The van der Waals surface area contributed by atoms with E-state index in [2.05, 4.69) is 15.9 Å². The standard InChI is InChI=1S/C10H9BrO4/c11-9-6-1-2-15-7(6)3-5(10(9)14)4-8(12)13/h3,14H,1-2,4H2,(H,12,13). The van der Waals surface area contributed by atoms with Gasteiger partial charge in [0.25, 0.3) is 0 Å². The van der Waals surface area contributed by atoms with Crippen molar-refractivity contribution in [1.29, 1.82) is 0 Å². The molecule has 4 nitrogen and oxygen atoms in total. The number of phenols is 1. The largest absolute Gasteiger partial charge is 0.506 e. The van der Waals surface area contributed by atoms with Crippen LogP contribution in [0.4, 0.5) is 0 Å². The molecule has 1 aliphatic rings. The number of fused-ring (bicyclic) bond motifs is 1. The number of phenolic OH excluding ortho intramolecular Hbond substituents is 1. The maximum atomic E-state index is 10.6. The van der Waals surface area contributed by atoms with Gasteiger partial charge < -0.3 is 14.9 Å². The Morgan fingerprint density at radius 2 is 2.33 bits per heavy atom. The van der Waals surface area contributed by atoms with E-state index in [1.165, 1.54) is 0 Å². The van der Waals surface area contributed by atoms with Gasteiger partial charge in [0, 0.05) is 17.5 Å². The number of benzene rings is 1. The molecule has 0 aromatic heterocycles. The molecule has 1 aliphatic heterocycles. The Hall–Kier alpha value is -1.23. The Bertz CT molecular complexity index is 428. The van der Waals surface area contributed by atoms with E-state index in [9.17, 15) is 9.90 Å². The molecule has 0 fully saturated rings. The van der Waals surface area contributed by atoms with Gasteiger partial charge in [-0.1, -0.05) is 0 Å². The highest BCUT2D eigenvalue weighted by Crippen LogP contribution is 2.40. The van der Waals surface area contributed by atoms with Gasteiger partial charge in [0.1, 0.15) is 11.5 Å². The predicted octanol–water partition coefficient (Wildman–Crippen LogP) is 1.72. The second kappa shape index (κ2) is 3.73. The van der Waals surface area contributed by atoms with Gasteiger partial charge in [0.05, 0.1) is 17.5 Å². The van der Waals surface area contributed by atoms with Gasteiger partial charge in [-0.3, -0.25) is 4.79 Å². The molecule has 1 aromatic rings. The molecular formula is C10H9BrO4. The first-order valence-corrected chi connectivity index (χ1v) is 5.26. The van der Waals surface area contributed by atoms with Crippen molar-refractivity contribution in [3.8, 4) is 11.5 Å². The first kappa shape index (κ1) is 10.3. The van der Waals surface area contributed by atoms with Gasteiger partial charge in [-0.15, -0.1) is 0 Å². The molecule has 80 valence electrons. The molecule has 2 N–H and O–H groups in total. The van der Waals surface area contributed by atoms with E-state index < -0.39 is 5.97 Å². The third-order valence-electron chi connectivity index (χ3n) is 2.33. The Balaban J connectivity index is 2.49. The number of aliphatic carboxylic acids is 1. The number of carboxylic acids is 1. The molecule has 0 radical (unpaired) electrons. The molecular weight excluding hydrogens is 264 g/mol. The van der Waals surface area contributed by atoms with E-state index in [0.717, 1.165) is 12.0 Å². The van der Waals surface area contributed by atoms with Gasteiger partial charge in [-0.2, -0.15) is 0 Å². The van der Waals surface area contributed by atoms with E-state index in [1.807, 2.05) is 0 Å². The number of hydrogen-bond donors (Lipinski definition) is 2. The van der Waals surface area contributed by atoms with Crippen molar-refractivity contribution in [3.63, 3.8) is 0 Å². The summed E-state index contributed by atoms with van der Waals surface area (Å²) in [6.07, 6.45) is 0.526. The summed E-state index contributed by atoms with van der Waals surface area (Å²) in [5.74, 6) is -0.312. The van der Waals surface area contributed by atoms with Crippen LogP contribution < -0.4 is 4.74 Å². The summed E-state index contributed by atoms with van der Waals surface area (Å²) in [6, 6.07) is 1.59. The van der Waals surface area contributed by atoms with Crippen molar-refractivity contribution in [3.05, 3.63) is 21.7 Å². The lowest BCUT2D eigenvalue weighted by Crippen LogP contribution is -2.01. The molecule has 0 bridgehead atoms. The summed E-state index contributed by atoms with van der Waals surface area (Å²) >= 11 is 3.25. The normalized spacial score (nSPS) is 13.4. The minimum atomic E-state index is -0.977. The smallest absolute Gasteiger partial charge is 0.307 e. The van der Waals surface area contributed by atoms with Crippen LogP contribution in [0.3, 0.4) is 0 Å². The molecule has 0 saturated heterocycles. The summed E-state index contributed by atoms with van der Waals surface area (Å²) in [5, 5.41) is 18.4. The predicted molar refractivity (Wildman–Crippen MR) is 56.3 cm³/mol. The molecule has 2 rings (SSSR count). The van der Waals surface area contributed by atoms with Crippen LogP contribution >= 0.6 is 15.9 Å². The number of rotatable bonds is 2. The number of halogens is 1. The van der Waals surface area contributed by atoms with Crippen LogP contribution in [0.5, 0.6) is 11.5 Å². The van der Waals surface area contributed by atoms with E-state index in [0.29, 0.717) is 22.4 Å². The second-order valence-corrected chi connectivity index (χ2v) is 4.14. The molecule has 0 unspecified atom stereocenters. The first-order valence-electron chi connectivity index (χ1n) is 4.47. The number of carboxylic acid groups (broad SMARTS) is 1. The maximum Gasteiger partial charge on any atom is 0.307 e. The van der Waals surface area contributed by atoms with Crippen molar-refractivity contribution < 1.29 is 19.7 Å². The quantitative estimate of drug-likeness (QED) is 0.860. The van der Waals surface area contributed by atoms with Crippen LogP contribution in [0.15, 0.2) is 10.5 Å². The Morgan fingerprint density at radius 3 is 3.00 bits per heavy atom. The Morgan fingerprint density at radius 1 is 1.60 bits per heavy atom. The van der Waals surface area contributed by atoms with Gasteiger partial charge >= 0.3 is 5.97 Å². The van der Waals surface area contributed by atoms with Crippen molar-refractivity contribution in [1.82, 2.24) is 0 Å². The monoisotopic (exact) mass is 272 g/mol. The summed E-state index contributed by atoms with van der Waals surface area (Å²) in [5.41, 5.74) is 1.27. The van der Waals surface area contributed by atoms with Crippen molar-refractivity contribution in [2.45, 2.75) is 12.8 Å². The van der Waals surface area contributed by atoms with Crippen LogP contribution in [0, 0.1) is 0 Å². The summed E-state index contributed by atoms with van der Waals surface area (Å²) in [7, 11) is 0. The van der Waals surface area contributed by atoms with Gasteiger partial charge in [0.15, 0.2) is 0 Å². The maximum absolute atomic E-state index is 10.6. The second-order valence-electron chi connectivity index (χ2n) is 3.34. The Kier molecular flexibility index (Phi) is 2.56. The average Bonchev–Trinajstić information content (AvgIpc) is 2.61. The average molecular weight is 273 g/mol. The fourth-order valence-electron chi connectivity index (χ4n) is 1.63. The van der Waals surface area contributed by atoms with E-state index in [-0.39, 0.29) is 12.2 Å². The molecule has 0 atom stereocenters. The zero-order chi connectivity index (χ0) is 11.0. The van der Waals surface area contributed by atoms with Crippen LogP contribution in [0.2, 0.25) is 0 Å². The molecule has 0 aliphatic carbocycles. The van der Waals surface area contributed by atoms with Crippen LogP contribution in [-0.2, 0) is 17.6 Å². The molecule has 1 aromatic carbocycles. The zero-order valence-electron chi connectivity index (χ0n) is 7.79.